The third-order valence-electron chi connectivity index (χ3n) is 6.60. The number of hydrogen-bond acceptors (Lipinski definition) is 6. The summed E-state index contributed by atoms with van der Waals surface area (Å²) in [7, 11) is 0. The third-order valence-corrected chi connectivity index (χ3v) is 6.60. The molecule has 0 bridgehead atoms. The van der Waals surface area contributed by atoms with Crippen LogP contribution < -0.4 is 10.9 Å². The normalized spacial score (nSPS) is 15.1. The van der Waals surface area contributed by atoms with Gasteiger partial charge in [0.1, 0.15) is 35.7 Å². The quantitative estimate of drug-likeness (QED) is 0.356. The second kappa shape index (κ2) is 8.99. The summed E-state index contributed by atoms with van der Waals surface area (Å²) >= 11 is 0. The van der Waals surface area contributed by atoms with E-state index < -0.39 is 41.6 Å². The lowest BCUT2D eigenvalue weighted by Crippen LogP contribution is -2.34. The van der Waals surface area contributed by atoms with E-state index in [4.69, 9.17) is 0 Å². The molecular formula is C25H21F4N7O. The second-order valence-corrected chi connectivity index (χ2v) is 9.10. The predicted molar refractivity (Wildman–Crippen MR) is 127 cm³/mol. The maximum absolute atomic E-state index is 14.8. The zero-order chi connectivity index (χ0) is 26.5. The van der Waals surface area contributed by atoms with Crippen molar-refractivity contribution >= 4 is 16.7 Å². The average molecular weight is 511 g/mol. The van der Waals surface area contributed by atoms with Crippen molar-refractivity contribution in [2.45, 2.75) is 44.7 Å². The number of benzene rings is 1. The molecule has 1 fully saturated rings. The Kier molecular flexibility index (Phi) is 5.94. The number of nitrogens with one attached hydrogen (secondary N) is 1. The van der Waals surface area contributed by atoms with Gasteiger partial charge in [-0.15, -0.1) is 0 Å². The van der Waals surface area contributed by atoms with E-state index in [1.807, 2.05) is 6.07 Å². The summed E-state index contributed by atoms with van der Waals surface area (Å²) in [5, 5.41) is 16.7. The van der Waals surface area contributed by atoms with Gasteiger partial charge in [-0.25, -0.2) is 32.2 Å². The smallest absolute Gasteiger partial charge is 0.279 e. The lowest BCUT2D eigenvalue weighted by molar-refractivity contribution is 0.146. The highest BCUT2D eigenvalue weighted by Crippen LogP contribution is 2.44. The van der Waals surface area contributed by atoms with E-state index in [0.717, 1.165) is 6.07 Å². The van der Waals surface area contributed by atoms with Gasteiger partial charge in [0.15, 0.2) is 5.69 Å². The number of aryl methyl sites for hydroxylation is 1. The fourth-order valence-corrected chi connectivity index (χ4v) is 4.40. The van der Waals surface area contributed by atoms with E-state index in [9.17, 15) is 27.6 Å². The van der Waals surface area contributed by atoms with Gasteiger partial charge in [-0.2, -0.15) is 10.4 Å². The minimum absolute atomic E-state index is 0.00363. The molecule has 4 aromatic rings. The molecule has 0 amide bonds. The molecule has 1 aliphatic carbocycles. The molecule has 0 aliphatic heterocycles. The van der Waals surface area contributed by atoms with Crippen LogP contribution in [0, 0.1) is 24.1 Å². The van der Waals surface area contributed by atoms with Crippen molar-refractivity contribution in [1.29, 1.82) is 5.26 Å². The second-order valence-electron chi connectivity index (χ2n) is 9.10. The van der Waals surface area contributed by atoms with Crippen molar-refractivity contribution in [1.82, 2.24) is 24.3 Å². The Morgan fingerprint density at radius 3 is 2.57 bits per heavy atom. The number of fused-ring (bicyclic) bond motifs is 1. The molecule has 0 spiro atoms. The van der Waals surface area contributed by atoms with Crippen LogP contribution in [-0.2, 0) is 5.54 Å². The Bertz CT molecular complexity index is 1620. The number of rotatable bonds is 7. The molecule has 190 valence electrons. The topological polar surface area (TPSA) is 101 Å². The molecule has 0 saturated heterocycles. The largest absolute Gasteiger partial charge is 0.363 e. The molecule has 1 atom stereocenters. The van der Waals surface area contributed by atoms with Gasteiger partial charge < -0.3 is 9.88 Å². The number of aromatic nitrogens is 5. The van der Waals surface area contributed by atoms with Crippen molar-refractivity contribution in [3.63, 3.8) is 0 Å². The summed E-state index contributed by atoms with van der Waals surface area (Å²) in [5.74, 6) is -0.559. The van der Waals surface area contributed by atoms with Gasteiger partial charge in [0, 0.05) is 18.0 Å². The van der Waals surface area contributed by atoms with Crippen molar-refractivity contribution in [3.8, 4) is 11.8 Å². The molecule has 1 unspecified atom stereocenters. The lowest BCUT2D eigenvalue weighted by Gasteiger charge is -2.21. The number of halogens is 4. The maximum atomic E-state index is 14.8. The van der Waals surface area contributed by atoms with E-state index in [2.05, 4.69) is 20.4 Å². The fraction of sp³-hybridized carbons (Fsp3) is 0.320. The van der Waals surface area contributed by atoms with Crippen LogP contribution in [-0.4, -0.2) is 31.0 Å². The summed E-state index contributed by atoms with van der Waals surface area (Å²) < 4.78 is 57.9. The van der Waals surface area contributed by atoms with Gasteiger partial charge in [0.25, 0.3) is 12.0 Å². The molecule has 1 aliphatic rings. The minimum atomic E-state index is -2.98. The van der Waals surface area contributed by atoms with Crippen LogP contribution in [0.5, 0.6) is 0 Å². The van der Waals surface area contributed by atoms with Crippen LogP contribution >= 0.6 is 0 Å². The van der Waals surface area contributed by atoms with Crippen molar-refractivity contribution < 1.29 is 17.6 Å². The molecule has 5 rings (SSSR count). The van der Waals surface area contributed by atoms with E-state index in [1.54, 1.807) is 13.8 Å². The number of nitriles is 1. The Balaban J connectivity index is 1.72. The first-order chi connectivity index (χ1) is 17.7. The standard InChI is InChI=1S/C25H21F4N7O/c1-13(16-4-3-5-17(19(16)27)22(28)29)32-23-18-11-35(25(12-26)6-7-25)24(37)21(20(18)33-14(2)34-23)36-10-15(8-30)9-31-36/h3-5,9-11,13,22H,6-7,12H2,1-2H3,(H,32,33,34). The Morgan fingerprint density at radius 1 is 1.22 bits per heavy atom. The van der Waals surface area contributed by atoms with Gasteiger partial charge in [-0.05, 0) is 26.7 Å². The molecule has 3 aromatic heterocycles. The minimum Gasteiger partial charge on any atom is -0.363 e. The summed E-state index contributed by atoms with van der Waals surface area (Å²) in [4.78, 5) is 22.5. The van der Waals surface area contributed by atoms with Crippen LogP contribution in [0.3, 0.4) is 0 Å². The number of nitrogens with zero attached hydrogens (tertiary/aromatic N) is 6. The number of pyridine rings is 1. The molecule has 0 radical (unpaired) electrons. The highest BCUT2D eigenvalue weighted by atomic mass is 19.3. The third kappa shape index (κ3) is 4.10. The number of anilines is 1. The molecular weight excluding hydrogens is 490 g/mol. The zero-order valence-electron chi connectivity index (χ0n) is 19.8. The fourth-order valence-electron chi connectivity index (χ4n) is 4.40. The van der Waals surface area contributed by atoms with E-state index in [-0.39, 0.29) is 34.0 Å². The van der Waals surface area contributed by atoms with E-state index in [1.165, 1.54) is 40.0 Å². The number of alkyl halides is 3. The first kappa shape index (κ1) is 24.4. The van der Waals surface area contributed by atoms with Gasteiger partial charge in [-0.1, -0.05) is 18.2 Å². The molecule has 8 nitrogen and oxygen atoms in total. The summed E-state index contributed by atoms with van der Waals surface area (Å²) in [5.41, 5.74) is -1.86. The first-order valence-electron chi connectivity index (χ1n) is 11.5. The van der Waals surface area contributed by atoms with Crippen molar-refractivity contribution in [3.05, 3.63) is 75.5 Å². The highest BCUT2D eigenvalue weighted by Gasteiger charge is 2.46. The van der Waals surface area contributed by atoms with Crippen LogP contribution in [0.2, 0.25) is 0 Å². The molecule has 37 heavy (non-hydrogen) atoms. The Hall–Kier alpha value is -4.27. The van der Waals surface area contributed by atoms with Crippen LogP contribution in [0.1, 0.15) is 54.7 Å². The Morgan fingerprint density at radius 2 is 1.95 bits per heavy atom. The van der Waals surface area contributed by atoms with Crippen LogP contribution in [0.25, 0.3) is 16.6 Å². The maximum Gasteiger partial charge on any atom is 0.279 e. The van der Waals surface area contributed by atoms with E-state index in [0.29, 0.717) is 18.2 Å². The van der Waals surface area contributed by atoms with Crippen LogP contribution in [0.4, 0.5) is 23.4 Å². The molecule has 3 heterocycles. The average Bonchev–Trinajstić information content (AvgIpc) is 3.52. The van der Waals surface area contributed by atoms with Gasteiger partial charge >= 0.3 is 0 Å². The molecule has 1 saturated carbocycles. The summed E-state index contributed by atoms with van der Waals surface area (Å²) in [6.45, 7) is 2.42. The first-order valence-corrected chi connectivity index (χ1v) is 11.5. The molecule has 1 N–H and O–H groups in total. The van der Waals surface area contributed by atoms with Crippen molar-refractivity contribution in [2.24, 2.45) is 0 Å². The van der Waals surface area contributed by atoms with Gasteiger partial charge in [0.05, 0.1) is 34.3 Å². The highest BCUT2D eigenvalue weighted by molar-refractivity contribution is 5.93. The molecule has 12 heteroatoms. The zero-order valence-corrected chi connectivity index (χ0v) is 19.8. The SMILES string of the molecule is Cc1nc(NC(C)c2cccc(C(F)F)c2F)c2cn(C3(CF)CC3)c(=O)c(-n3cc(C#N)cn3)c2n1. The van der Waals surface area contributed by atoms with Gasteiger partial charge in [-0.3, -0.25) is 4.79 Å². The predicted octanol–water partition coefficient (Wildman–Crippen LogP) is 4.87. The lowest BCUT2D eigenvalue weighted by atomic mass is 10.0. The van der Waals surface area contributed by atoms with E-state index >= 15 is 0 Å². The summed E-state index contributed by atoms with van der Waals surface area (Å²) in [6, 6.07) is 4.92. The summed E-state index contributed by atoms with van der Waals surface area (Å²) in [6.07, 6.45) is 2.05. The molecule has 1 aromatic carbocycles. The van der Waals surface area contributed by atoms with Crippen molar-refractivity contribution in [2.75, 3.05) is 12.0 Å². The van der Waals surface area contributed by atoms with Gasteiger partial charge in [0.2, 0.25) is 0 Å². The Labute approximate surface area is 208 Å². The monoisotopic (exact) mass is 511 g/mol. The number of hydrogen-bond donors (Lipinski definition) is 1. The van der Waals surface area contributed by atoms with Crippen LogP contribution in [0.15, 0.2) is 41.6 Å².